The van der Waals surface area contributed by atoms with Crippen LogP contribution < -0.4 is 5.73 Å². The maximum Gasteiger partial charge on any atom is 0.241 e. The summed E-state index contributed by atoms with van der Waals surface area (Å²) in [5.74, 6) is -0.330. The van der Waals surface area contributed by atoms with Crippen LogP contribution in [-0.4, -0.2) is 17.5 Å². The van der Waals surface area contributed by atoms with E-state index < -0.39 is 5.91 Å². The van der Waals surface area contributed by atoms with Gasteiger partial charge in [-0.3, -0.25) is 9.59 Å². The first-order valence-corrected chi connectivity index (χ1v) is 3.78. The molecular weight excluding hydrogens is 170 g/mol. The van der Waals surface area contributed by atoms with Gasteiger partial charge in [0.15, 0.2) is 0 Å². The molecule has 0 unspecified atom stereocenters. The standard InChI is InChI=1S/C6H9NO2.C3H6O/c1-5(8)3-2-4-6(7)9;1-3(2)4/h2,4H,3H2,1H3,(H2,7,9);1-2H3. The van der Waals surface area contributed by atoms with Gasteiger partial charge >= 0.3 is 0 Å². The molecule has 0 aromatic heterocycles. The number of carbonyl (C=O) groups is 3. The zero-order valence-electron chi connectivity index (χ0n) is 8.16. The van der Waals surface area contributed by atoms with E-state index in [0.29, 0.717) is 0 Å². The number of hydrogen-bond acceptors (Lipinski definition) is 3. The fourth-order valence-corrected chi connectivity index (χ4v) is 0.341. The molecule has 0 bridgehead atoms. The van der Waals surface area contributed by atoms with Crippen LogP contribution in [0.1, 0.15) is 27.2 Å². The lowest BCUT2D eigenvalue weighted by atomic mass is 10.3. The maximum absolute atomic E-state index is 10.2. The molecule has 0 saturated heterocycles. The summed E-state index contributed by atoms with van der Waals surface area (Å²) in [6.07, 6.45) is 2.91. The van der Waals surface area contributed by atoms with Crippen molar-refractivity contribution in [1.82, 2.24) is 0 Å². The van der Waals surface area contributed by atoms with E-state index in [1.165, 1.54) is 32.9 Å². The normalized spacial score (nSPS) is 8.85. The van der Waals surface area contributed by atoms with E-state index in [0.717, 1.165) is 0 Å². The van der Waals surface area contributed by atoms with Crippen LogP contribution in [0, 0.1) is 0 Å². The molecule has 74 valence electrons. The number of nitrogens with two attached hydrogens (primary N) is 1. The molecule has 0 rings (SSSR count). The fourth-order valence-electron chi connectivity index (χ4n) is 0.341. The van der Waals surface area contributed by atoms with Gasteiger partial charge in [0.25, 0.3) is 0 Å². The summed E-state index contributed by atoms with van der Waals surface area (Å²) >= 11 is 0. The van der Waals surface area contributed by atoms with Crippen LogP contribution >= 0.6 is 0 Å². The van der Waals surface area contributed by atoms with Gasteiger partial charge in [-0.2, -0.15) is 0 Å². The van der Waals surface area contributed by atoms with Crippen LogP contribution in [0.4, 0.5) is 0 Å². The lowest BCUT2D eigenvalue weighted by Crippen LogP contribution is -2.05. The average molecular weight is 185 g/mol. The molecule has 0 spiro atoms. The topological polar surface area (TPSA) is 77.2 Å². The predicted molar refractivity (Wildman–Crippen MR) is 50.0 cm³/mol. The Balaban J connectivity index is 0. The lowest BCUT2D eigenvalue weighted by molar-refractivity contribution is -0.116. The summed E-state index contributed by atoms with van der Waals surface area (Å²) in [5, 5.41) is 0. The van der Waals surface area contributed by atoms with Crippen molar-refractivity contribution >= 4 is 17.5 Å². The largest absolute Gasteiger partial charge is 0.366 e. The van der Waals surface area contributed by atoms with Gasteiger partial charge in [-0.25, -0.2) is 0 Å². The Morgan fingerprint density at radius 1 is 1.15 bits per heavy atom. The van der Waals surface area contributed by atoms with Gasteiger partial charge < -0.3 is 10.5 Å². The van der Waals surface area contributed by atoms with E-state index in [9.17, 15) is 14.4 Å². The number of hydrogen-bond donors (Lipinski definition) is 1. The number of carbonyl (C=O) groups excluding carboxylic acids is 3. The first kappa shape index (κ1) is 14.1. The summed E-state index contributed by atoms with van der Waals surface area (Å²) in [6.45, 7) is 4.51. The van der Waals surface area contributed by atoms with Crippen molar-refractivity contribution in [3.05, 3.63) is 12.2 Å². The molecule has 0 aromatic rings. The average Bonchev–Trinajstić information content (AvgIpc) is 1.83. The molecule has 13 heavy (non-hydrogen) atoms. The molecule has 0 saturated carbocycles. The molecule has 4 nitrogen and oxygen atoms in total. The summed E-state index contributed by atoms with van der Waals surface area (Å²) in [7, 11) is 0. The van der Waals surface area contributed by atoms with E-state index in [-0.39, 0.29) is 18.0 Å². The lowest BCUT2D eigenvalue weighted by Gasteiger charge is -1.81. The van der Waals surface area contributed by atoms with Crippen molar-refractivity contribution in [2.75, 3.05) is 0 Å². The van der Waals surface area contributed by atoms with Gasteiger partial charge in [0.1, 0.15) is 11.6 Å². The van der Waals surface area contributed by atoms with E-state index in [1.54, 1.807) is 0 Å². The molecule has 0 fully saturated rings. The zero-order chi connectivity index (χ0) is 10.9. The number of primary amides is 1. The first-order chi connectivity index (χ1) is 5.86. The Bertz CT molecular complexity index is 215. The molecular formula is C9H15NO3. The smallest absolute Gasteiger partial charge is 0.241 e. The minimum absolute atomic E-state index is 0.0208. The van der Waals surface area contributed by atoms with E-state index >= 15 is 0 Å². The van der Waals surface area contributed by atoms with Gasteiger partial charge in [0.05, 0.1) is 0 Å². The Hall–Kier alpha value is -1.45. The Morgan fingerprint density at radius 2 is 1.54 bits per heavy atom. The van der Waals surface area contributed by atoms with E-state index in [4.69, 9.17) is 5.73 Å². The fraction of sp³-hybridized carbons (Fsp3) is 0.444. The number of rotatable bonds is 3. The molecule has 0 aliphatic rings. The number of allylic oxidation sites excluding steroid dienone is 1. The van der Waals surface area contributed by atoms with Gasteiger partial charge in [0.2, 0.25) is 5.91 Å². The minimum atomic E-state index is -0.517. The molecule has 0 aromatic carbocycles. The van der Waals surface area contributed by atoms with Crippen molar-refractivity contribution in [2.24, 2.45) is 5.73 Å². The van der Waals surface area contributed by atoms with Crippen molar-refractivity contribution < 1.29 is 14.4 Å². The Labute approximate surface area is 77.8 Å². The maximum atomic E-state index is 10.2. The molecule has 0 aliphatic heterocycles. The highest BCUT2D eigenvalue weighted by Crippen LogP contribution is 1.82. The van der Waals surface area contributed by atoms with Crippen LogP contribution in [0.25, 0.3) is 0 Å². The van der Waals surface area contributed by atoms with Crippen molar-refractivity contribution in [3.8, 4) is 0 Å². The third-order valence-electron chi connectivity index (χ3n) is 0.687. The van der Waals surface area contributed by atoms with Gasteiger partial charge in [0, 0.05) is 6.42 Å². The number of amides is 1. The Kier molecular flexibility index (Phi) is 9.37. The summed E-state index contributed by atoms with van der Waals surface area (Å²) < 4.78 is 0. The highest BCUT2D eigenvalue weighted by atomic mass is 16.1. The second-order valence-corrected chi connectivity index (χ2v) is 2.62. The van der Waals surface area contributed by atoms with Crippen LogP contribution in [-0.2, 0) is 14.4 Å². The first-order valence-electron chi connectivity index (χ1n) is 3.78. The molecule has 0 heterocycles. The van der Waals surface area contributed by atoms with Gasteiger partial charge in [-0.15, -0.1) is 0 Å². The predicted octanol–water partition coefficient (Wildman–Crippen LogP) is 0.602. The minimum Gasteiger partial charge on any atom is -0.366 e. The second kappa shape index (κ2) is 8.64. The third kappa shape index (κ3) is 37.3. The van der Waals surface area contributed by atoms with E-state index in [2.05, 4.69) is 0 Å². The molecule has 0 atom stereocenters. The second-order valence-electron chi connectivity index (χ2n) is 2.62. The Morgan fingerprint density at radius 3 is 1.77 bits per heavy atom. The zero-order valence-corrected chi connectivity index (χ0v) is 8.16. The molecule has 0 radical (unpaired) electrons. The quantitative estimate of drug-likeness (QED) is 0.654. The monoisotopic (exact) mass is 185 g/mol. The van der Waals surface area contributed by atoms with Crippen molar-refractivity contribution in [3.63, 3.8) is 0 Å². The van der Waals surface area contributed by atoms with Crippen molar-refractivity contribution in [1.29, 1.82) is 0 Å². The van der Waals surface area contributed by atoms with Crippen molar-refractivity contribution in [2.45, 2.75) is 27.2 Å². The summed E-state index contributed by atoms with van der Waals surface area (Å²) in [6, 6.07) is 0. The molecule has 0 aliphatic carbocycles. The van der Waals surface area contributed by atoms with Crippen LogP contribution in [0.3, 0.4) is 0 Å². The van der Waals surface area contributed by atoms with Gasteiger partial charge in [-0.1, -0.05) is 6.08 Å². The van der Waals surface area contributed by atoms with E-state index in [1.807, 2.05) is 0 Å². The number of Topliss-reactive ketones (excluding diaryl/α,β-unsaturated/α-hetero) is 2. The number of ketones is 2. The van der Waals surface area contributed by atoms with Crippen LogP contribution in [0.2, 0.25) is 0 Å². The van der Waals surface area contributed by atoms with Crippen LogP contribution in [0.5, 0.6) is 0 Å². The summed E-state index contributed by atoms with van der Waals surface area (Å²) in [4.78, 5) is 29.7. The van der Waals surface area contributed by atoms with Crippen LogP contribution in [0.15, 0.2) is 12.2 Å². The summed E-state index contributed by atoms with van der Waals surface area (Å²) in [5.41, 5.74) is 4.74. The highest BCUT2D eigenvalue weighted by Gasteiger charge is 1.86. The van der Waals surface area contributed by atoms with Gasteiger partial charge in [-0.05, 0) is 26.8 Å². The SMILES string of the molecule is CC(=O)CC=CC(N)=O.CC(C)=O. The highest BCUT2D eigenvalue weighted by molar-refractivity contribution is 5.87. The molecule has 1 amide bonds. The molecule has 2 N–H and O–H groups in total. The third-order valence-corrected chi connectivity index (χ3v) is 0.687. The molecule has 4 heteroatoms.